The first-order valence-electron chi connectivity index (χ1n) is 10.1. The fraction of sp³-hybridized carbons (Fsp3) is 0.364. The number of benzene rings is 2. The average molecular weight is 464 g/mol. The molecule has 31 heavy (non-hydrogen) atoms. The molecule has 2 amide bonds. The van der Waals surface area contributed by atoms with Crippen molar-refractivity contribution in [1.82, 2.24) is 9.62 Å². The minimum atomic E-state index is -3.67. The molecule has 0 aliphatic carbocycles. The Bertz CT molecular complexity index is 1100. The molecule has 1 fully saturated rings. The van der Waals surface area contributed by atoms with Gasteiger partial charge in [0.05, 0.1) is 22.2 Å². The number of carbonyl (C=O) groups is 2. The summed E-state index contributed by atoms with van der Waals surface area (Å²) in [5, 5.41) is 5.58. The summed E-state index contributed by atoms with van der Waals surface area (Å²) in [4.78, 5) is 24.9. The van der Waals surface area contributed by atoms with E-state index in [4.69, 9.17) is 11.6 Å². The van der Waals surface area contributed by atoms with Crippen molar-refractivity contribution in [3.05, 3.63) is 58.1 Å². The van der Waals surface area contributed by atoms with Gasteiger partial charge in [-0.3, -0.25) is 9.59 Å². The summed E-state index contributed by atoms with van der Waals surface area (Å²) in [6.07, 6.45) is 2.68. The third-order valence-electron chi connectivity index (χ3n) is 5.19. The Morgan fingerprint density at radius 2 is 1.74 bits per heavy atom. The van der Waals surface area contributed by atoms with Gasteiger partial charge in [0.15, 0.2) is 0 Å². The predicted octanol–water partition coefficient (Wildman–Crippen LogP) is 3.50. The third-order valence-corrected chi connectivity index (χ3v) is 7.54. The van der Waals surface area contributed by atoms with E-state index in [0.717, 1.165) is 24.8 Å². The number of piperidine rings is 1. The molecule has 0 atom stereocenters. The molecule has 2 aromatic rings. The lowest BCUT2D eigenvalue weighted by Gasteiger charge is -2.26. The van der Waals surface area contributed by atoms with Gasteiger partial charge in [-0.15, -0.1) is 0 Å². The van der Waals surface area contributed by atoms with Gasteiger partial charge in [-0.1, -0.05) is 30.2 Å². The molecule has 9 heteroatoms. The molecule has 1 saturated heterocycles. The van der Waals surface area contributed by atoms with Crippen LogP contribution in [-0.4, -0.2) is 44.2 Å². The van der Waals surface area contributed by atoms with E-state index in [-0.39, 0.29) is 17.0 Å². The second-order valence-corrected chi connectivity index (χ2v) is 9.97. The molecule has 0 saturated carbocycles. The van der Waals surface area contributed by atoms with Crippen LogP contribution in [0.1, 0.15) is 40.7 Å². The summed E-state index contributed by atoms with van der Waals surface area (Å²) < 4.78 is 27.5. The first-order valence-corrected chi connectivity index (χ1v) is 12.0. The van der Waals surface area contributed by atoms with E-state index in [1.54, 1.807) is 31.2 Å². The quantitative estimate of drug-likeness (QED) is 0.685. The molecule has 0 aromatic heterocycles. The molecule has 3 rings (SSSR count). The summed E-state index contributed by atoms with van der Waals surface area (Å²) in [6, 6.07) is 9.77. The van der Waals surface area contributed by atoms with Crippen LogP contribution in [0.25, 0.3) is 0 Å². The zero-order valence-electron chi connectivity index (χ0n) is 17.6. The van der Waals surface area contributed by atoms with Crippen molar-refractivity contribution in [2.45, 2.75) is 38.0 Å². The second-order valence-electron chi connectivity index (χ2n) is 7.66. The number of sulfonamides is 1. The number of carbonyl (C=O) groups excluding carboxylic acids is 2. The number of amides is 2. The summed E-state index contributed by atoms with van der Waals surface area (Å²) in [5.41, 5.74) is 2.18. The van der Waals surface area contributed by atoms with Crippen LogP contribution >= 0.6 is 11.6 Å². The van der Waals surface area contributed by atoms with Gasteiger partial charge in [0.1, 0.15) is 0 Å². The van der Waals surface area contributed by atoms with Crippen molar-refractivity contribution in [2.24, 2.45) is 0 Å². The van der Waals surface area contributed by atoms with E-state index >= 15 is 0 Å². The Hall–Kier alpha value is -2.42. The van der Waals surface area contributed by atoms with E-state index in [0.29, 0.717) is 29.4 Å². The Morgan fingerprint density at radius 3 is 2.42 bits per heavy atom. The van der Waals surface area contributed by atoms with Crippen LogP contribution in [0.15, 0.2) is 41.3 Å². The molecule has 2 N–H and O–H groups in total. The van der Waals surface area contributed by atoms with Crippen molar-refractivity contribution in [1.29, 1.82) is 0 Å². The van der Waals surface area contributed by atoms with Crippen LogP contribution in [0.3, 0.4) is 0 Å². The number of hydrogen-bond acceptors (Lipinski definition) is 4. The van der Waals surface area contributed by atoms with Gasteiger partial charge in [-0.05, 0) is 62.1 Å². The second kappa shape index (κ2) is 9.80. The molecule has 7 nitrogen and oxygen atoms in total. The van der Waals surface area contributed by atoms with Crippen molar-refractivity contribution in [3.63, 3.8) is 0 Å². The van der Waals surface area contributed by atoms with Gasteiger partial charge >= 0.3 is 0 Å². The van der Waals surface area contributed by atoms with Crippen LogP contribution in [0.4, 0.5) is 5.69 Å². The molecule has 1 aliphatic heterocycles. The molecule has 166 valence electrons. The first-order chi connectivity index (χ1) is 14.7. The van der Waals surface area contributed by atoms with Gasteiger partial charge in [0.2, 0.25) is 15.9 Å². The maximum atomic E-state index is 13.0. The number of nitrogens with zero attached hydrogens (tertiary/aromatic N) is 1. The SMILES string of the molecule is Cc1ccc(NC(=O)CNC(=O)c2ccc(C)c(S(=O)(=O)N3CCCCC3)c2)c(Cl)c1. The largest absolute Gasteiger partial charge is 0.343 e. The fourth-order valence-corrected chi connectivity index (χ4v) is 5.49. The Labute approximate surface area is 187 Å². The van der Waals surface area contributed by atoms with Crippen LogP contribution in [0.2, 0.25) is 5.02 Å². The first kappa shape index (κ1) is 23.2. The zero-order chi connectivity index (χ0) is 22.6. The van der Waals surface area contributed by atoms with Crippen molar-refractivity contribution < 1.29 is 18.0 Å². The highest BCUT2D eigenvalue weighted by molar-refractivity contribution is 7.89. The number of nitrogens with one attached hydrogen (secondary N) is 2. The summed E-state index contributed by atoms with van der Waals surface area (Å²) >= 11 is 6.11. The normalized spacial score (nSPS) is 14.8. The zero-order valence-corrected chi connectivity index (χ0v) is 19.1. The lowest BCUT2D eigenvalue weighted by Crippen LogP contribution is -2.36. The topological polar surface area (TPSA) is 95.6 Å². The Morgan fingerprint density at radius 1 is 1.03 bits per heavy atom. The summed E-state index contributed by atoms with van der Waals surface area (Å²) in [7, 11) is -3.67. The van der Waals surface area contributed by atoms with Gasteiger partial charge < -0.3 is 10.6 Å². The molecule has 2 aromatic carbocycles. The van der Waals surface area contributed by atoms with Gasteiger partial charge in [0, 0.05) is 18.7 Å². The number of anilines is 1. The third kappa shape index (κ3) is 5.64. The van der Waals surface area contributed by atoms with Crippen molar-refractivity contribution >= 4 is 39.1 Å². The van der Waals surface area contributed by atoms with Crippen LogP contribution in [0.5, 0.6) is 0 Å². The lowest BCUT2D eigenvalue weighted by molar-refractivity contribution is -0.115. The van der Waals surface area contributed by atoms with E-state index in [1.807, 2.05) is 13.0 Å². The minimum Gasteiger partial charge on any atom is -0.343 e. The number of hydrogen-bond donors (Lipinski definition) is 2. The maximum Gasteiger partial charge on any atom is 0.251 e. The minimum absolute atomic E-state index is 0.123. The van der Waals surface area contributed by atoms with E-state index < -0.39 is 21.8 Å². The maximum absolute atomic E-state index is 13.0. The van der Waals surface area contributed by atoms with Crippen molar-refractivity contribution in [3.8, 4) is 0 Å². The van der Waals surface area contributed by atoms with E-state index in [2.05, 4.69) is 10.6 Å². The number of rotatable bonds is 6. The predicted molar refractivity (Wildman–Crippen MR) is 121 cm³/mol. The van der Waals surface area contributed by atoms with Crippen LogP contribution in [0, 0.1) is 13.8 Å². The monoisotopic (exact) mass is 463 g/mol. The molecule has 1 heterocycles. The highest BCUT2D eigenvalue weighted by Crippen LogP contribution is 2.25. The molecule has 0 bridgehead atoms. The molecule has 0 unspecified atom stereocenters. The molecule has 1 aliphatic rings. The van der Waals surface area contributed by atoms with Crippen LogP contribution in [-0.2, 0) is 14.8 Å². The van der Waals surface area contributed by atoms with Gasteiger partial charge in [-0.25, -0.2) is 8.42 Å². The molecule has 0 spiro atoms. The number of aryl methyl sites for hydroxylation is 2. The molecular formula is C22H26ClN3O4S. The van der Waals surface area contributed by atoms with E-state index in [9.17, 15) is 18.0 Å². The van der Waals surface area contributed by atoms with Crippen LogP contribution < -0.4 is 10.6 Å². The van der Waals surface area contributed by atoms with Gasteiger partial charge in [0.25, 0.3) is 5.91 Å². The Kier molecular flexibility index (Phi) is 7.35. The number of halogens is 1. The standard InChI is InChI=1S/C22H26ClN3O4S/c1-15-6-9-19(18(23)12-15)25-21(27)14-24-22(28)17-8-7-16(2)20(13-17)31(29,30)26-10-4-3-5-11-26/h6-9,12-13H,3-5,10-11,14H2,1-2H3,(H,24,28)(H,25,27). The highest BCUT2D eigenvalue weighted by Gasteiger charge is 2.28. The fourth-order valence-electron chi connectivity index (χ4n) is 3.44. The van der Waals surface area contributed by atoms with Crippen molar-refractivity contribution in [2.75, 3.05) is 25.0 Å². The highest BCUT2D eigenvalue weighted by atomic mass is 35.5. The molecular weight excluding hydrogens is 438 g/mol. The summed E-state index contributed by atoms with van der Waals surface area (Å²) in [5.74, 6) is -0.965. The lowest BCUT2D eigenvalue weighted by atomic mass is 10.1. The Balaban J connectivity index is 1.68. The molecule has 0 radical (unpaired) electrons. The smallest absolute Gasteiger partial charge is 0.251 e. The van der Waals surface area contributed by atoms with Gasteiger partial charge in [-0.2, -0.15) is 4.31 Å². The summed E-state index contributed by atoms with van der Waals surface area (Å²) in [6.45, 7) is 4.29. The average Bonchev–Trinajstić information content (AvgIpc) is 2.75. The van der Waals surface area contributed by atoms with E-state index in [1.165, 1.54) is 10.4 Å².